The molecule has 1 aromatic carbocycles. The number of hydrogen-bond donors (Lipinski definition) is 1. The van der Waals surface area contributed by atoms with Crippen LogP contribution < -0.4 is 25.0 Å². The molecule has 22 heavy (non-hydrogen) atoms. The minimum Gasteiger partial charge on any atom is -0.497 e. The van der Waals surface area contributed by atoms with E-state index < -0.39 is 11.3 Å². The molecule has 0 bridgehead atoms. The second-order valence-corrected chi connectivity index (χ2v) is 4.20. The zero-order valence-corrected chi connectivity index (χ0v) is 12.3. The molecule has 0 unspecified atom stereocenters. The molecule has 7 heteroatoms. The summed E-state index contributed by atoms with van der Waals surface area (Å²) in [7, 11) is 4.34. The molecule has 7 nitrogen and oxygen atoms in total. The first-order valence-corrected chi connectivity index (χ1v) is 6.29. The van der Waals surface area contributed by atoms with Gasteiger partial charge in [-0.1, -0.05) is 0 Å². The van der Waals surface area contributed by atoms with Crippen molar-refractivity contribution in [1.82, 2.24) is 0 Å². The van der Waals surface area contributed by atoms with Crippen LogP contribution in [0, 0.1) is 0 Å². The van der Waals surface area contributed by atoms with Crippen LogP contribution in [0.3, 0.4) is 0 Å². The molecule has 2 rings (SSSR count). The summed E-state index contributed by atoms with van der Waals surface area (Å²) >= 11 is 0. The first-order chi connectivity index (χ1) is 10.6. The second-order valence-electron chi connectivity index (χ2n) is 4.20. The monoisotopic (exact) mass is 305 g/mol. The first-order valence-electron chi connectivity index (χ1n) is 6.29. The van der Waals surface area contributed by atoms with Crippen LogP contribution in [0.15, 0.2) is 39.7 Å². The van der Waals surface area contributed by atoms with E-state index in [1.807, 2.05) is 0 Å². The Labute approximate surface area is 126 Å². The summed E-state index contributed by atoms with van der Waals surface area (Å²) in [4.78, 5) is 23.7. The number of hydrogen-bond acceptors (Lipinski definition) is 6. The Morgan fingerprint density at radius 1 is 1.05 bits per heavy atom. The number of carbonyl (C=O) groups excluding carboxylic acids is 1. The van der Waals surface area contributed by atoms with Crippen molar-refractivity contribution >= 4 is 11.6 Å². The number of benzene rings is 1. The van der Waals surface area contributed by atoms with Crippen molar-refractivity contribution in [2.24, 2.45) is 0 Å². The van der Waals surface area contributed by atoms with Gasteiger partial charge in [-0.25, -0.2) is 0 Å². The van der Waals surface area contributed by atoms with Gasteiger partial charge in [0, 0.05) is 12.1 Å². The van der Waals surface area contributed by atoms with Gasteiger partial charge >= 0.3 is 0 Å². The van der Waals surface area contributed by atoms with Gasteiger partial charge in [0.1, 0.15) is 17.8 Å². The lowest BCUT2D eigenvalue weighted by atomic mass is 10.2. The molecule has 0 fully saturated rings. The average molecular weight is 305 g/mol. The third-order valence-electron chi connectivity index (χ3n) is 2.90. The van der Waals surface area contributed by atoms with Crippen molar-refractivity contribution in [2.75, 3.05) is 26.6 Å². The molecule has 0 saturated carbocycles. The summed E-state index contributed by atoms with van der Waals surface area (Å²) in [5.41, 5.74) is -0.0210. The Bertz CT molecular complexity index is 737. The van der Waals surface area contributed by atoms with Gasteiger partial charge in [-0.3, -0.25) is 9.59 Å². The number of methoxy groups -OCH3 is 3. The quantitative estimate of drug-likeness (QED) is 0.908. The molecule has 2 aromatic rings. The largest absolute Gasteiger partial charge is 0.497 e. The molecule has 1 N–H and O–H groups in total. The molecular weight excluding hydrogens is 290 g/mol. The lowest BCUT2D eigenvalue weighted by molar-refractivity contribution is 0.0993. The Balaban J connectivity index is 2.25. The maximum atomic E-state index is 12.1. The maximum absolute atomic E-state index is 12.1. The minimum absolute atomic E-state index is 0.0265. The molecule has 1 heterocycles. The summed E-state index contributed by atoms with van der Waals surface area (Å²) in [5, 5.41) is 2.60. The summed E-state index contributed by atoms with van der Waals surface area (Å²) in [5.74, 6) is 0.319. The highest BCUT2D eigenvalue weighted by Gasteiger charge is 2.14. The van der Waals surface area contributed by atoms with E-state index in [1.165, 1.54) is 21.3 Å². The number of amides is 1. The fourth-order valence-corrected chi connectivity index (χ4v) is 1.75. The number of anilines is 1. The van der Waals surface area contributed by atoms with E-state index in [0.29, 0.717) is 17.2 Å². The Morgan fingerprint density at radius 3 is 2.36 bits per heavy atom. The molecular formula is C15H15NO6. The van der Waals surface area contributed by atoms with Crippen LogP contribution in [0.2, 0.25) is 0 Å². The molecule has 0 radical (unpaired) electrons. The van der Waals surface area contributed by atoms with Gasteiger partial charge in [-0.05, 0) is 12.1 Å². The summed E-state index contributed by atoms with van der Waals surface area (Å²) in [6, 6.07) is 5.98. The zero-order chi connectivity index (χ0) is 16.1. The number of rotatable bonds is 5. The molecule has 0 aliphatic heterocycles. The third kappa shape index (κ3) is 3.20. The number of ether oxygens (including phenoxy) is 3. The Kier molecular flexibility index (Phi) is 4.67. The fourth-order valence-electron chi connectivity index (χ4n) is 1.75. The van der Waals surface area contributed by atoms with Crippen molar-refractivity contribution in [3.05, 3.63) is 46.5 Å². The van der Waals surface area contributed by atoms with E-state index in [9.17, 15) is 9.59 Å². The van der Waals surface area contributed by atoms with Gasteiger partial charge in [0.2, 0.25) is 11.2 Å². The number of nitrogens with one attached hydrogen (secondary N) is 1. The predicted octanol–water partition coefficient (Wildman–Crippen LogP) is 1.92. The topological polar surface area (TPSA) is 87.0 Å². The van der Waals surface area contributed by atoms with Gasteiger partial charge in [0.25, 0.3) is 5.91 Å². The lowest BCUT2D eigenvalue weighted by Crippen LogP contribution is -2.15. The first kappa shape index (κ1) is 15.4. The van der Waals surface area contributed by atoms with Gasteiger partial charge < -0.3 is 23.9 Å². The van der Waals surface area contributed by atoms with Crippen LogP contribution in [0.25, 0.3) is 0 Å². The van der Waals surface area contributed by atoms with E-state index >= 15 is 0 Å². The molecule has 0 saturated heterocycles. The van der Waals surface area contributed by atoms with Crippen LogP contribution >= 0.6 is 0 Å². The third-order valence-corrected chi connectivity index (χ3v) is 2.90. The Morgan fingerprint density at radius 2 is 1.77 bits per heavy atom. The second kappa shape index (κ2) is 6.66. The molecule has 0 aliphatic rings. The smallest absolute Gasteiger partial charge is 0.291 e. The predicted molar refractivity (Wildman–Crippen MR) is 79.0 cm³/mol. The highest BCUT2D eigenvalue weighted by atomic mass is 16.5. The van der Waals surface area contributed by atoms with Crippen molar-refractivity contribution in [3.63, 3.8) is 0 Å². The fraction of sp³-hybridized carbons (Fsp3) is 0.200. The van der Waals surface area contributed by atoms with E-state index in [1.54, 1.807) is 18.2 Å². The molecule has 0 spiro atoms. The van der Waals surface area contributed by atoms with Crippen LogP contribution in [0.1, 0.15) is 10.6 Å². The molecule has 1 aromatic heterocycles. The number of carbonyl (C=O) groups is 1. The summed E-state index contributed by atoms with van der Waals surface area (Å²) in [6.07, 6.45) is 1.09. The summed E-state index contributed by atoms with van der Waals surface area (Å²) in [6.45, 7) is 0. The standard InChI is InChI=1S/C15H15NO6/c1-19-9-4-5-10(12(6-9)20-2)16-15(18)13-7-11(17)14(21-3)8-22-13/h4-8H,1-3H3,(H,16,18). The highest BCUT2D eigenvalue weighted by Crippen LogP contribution is 2.29. The van der Waals surface area contributed by atoms with Crippen LogP contribution in [-0.4, -0.2) is 27.2 Å². The van der Waals surface area contributed by atoms with Gasteiger partial charge in [-0.2, -0.15) is 0 Å². The normalized spacial score (nSPS) is 9.95. The van der Waals surface area contributed by atoms with Gasteiger partial charge in [-0.15, -0.1) is 0 Å². The molecule has 0 atom stereocenters. The molecule has 1 amide bonds. The van der Waals surface area contributed by atoms with Gasteiger partial charge in [0.05, 0.1) is 27.0 Å². The average Bonchev–Trinajstić information content (AvgIpc) is 2.55. The van der Waals surface area contributed by atoms with Gasteiger partial charge in [0.15, 0.2) is 5.76 Å². The van der Waals surface area contributed by atoms with Crippen molar-refractivity contribution in [1.29, 1.82) is 0 Å². The van der Waals surface area contributed by atoms with Crippen LogP contribution in [0.4, 0.5) is 5.69 Å². The van der Waals surface area contributed by atoms with Crippen molar-refractivity contribution in [3.8, 4) is 17.2 Å². The van der Waals surface area contributed by atoms with E-state index in [4.69, 9.17) is 18.6 Å². The molecule has 116 valence electrons. The SMILES string of the molecule is COc1ccc(NC(=O)c2cc(=O)c(OC)co2)c(OC)c1. The minimum atomic E-state index is -0.580. The zero-order valence-electron chi connectivity index (χ0n) is 12.3. The van der Waals surface area contributed by atoms with Crippen molar-refractivity contribution < 1.29 is 23.4 Å². The maximum Gasteiger partial charge on any atom is 0.291 e. The Hall–Kier alpha value is -2.96. The lowest BCUT2D eigenvalue weighted by Gasteiger charge is -2.11. The highest BCUT2D eigenvalue weighted by molar-refractivity contribution is 6.03. The van der Waals surface area contributed by atoms with Crippen LogP contribution in [-0.2, 0) is 0 Å². The molecule has 0 aliphatic carbocycles. The van der Waals surface area contributed by atoms with E-state index in [-0.39, 0.29) is 11.5 Å². The summed E-state index contributed by atoms with van der Waals surface area (Å²) < 4.78 is 20.1. The van der Waals surface area contributed by atoms with E-state index in [2.05, 4.69) is 5.32 Å². The van der Waals surface area contributed by atoms with Crippen molar-refractivity contribution in [2.45, 2.75) is 0 Å². The van der Waals surface area contributed by atoms with E-state index in [0.717, 1.165) is 12.3 Å². The van der Waals surface area contributed by atoms with Crippen LogP contribution in [0.5, 0.6) is 17.2 Å².